The van der Waals surface area contributed by atoms with Gasteiger partial charge in [0, 0.05) is 29.5 Å². The standard InChI is InChI=1S/C22H32O2SSi.C8H14O/c1-21(2,3)16-13-14-18(17(15-16)22(4,5)6)24-26(8,23-7)20-12-10-9-11-19(20)25;1-2-3-4-5-7-6-8(7)9/h9-15,25H,1-8H3;7H,2-6H2,1H3. The molecule has 35 heavy (non-hydrogen) atoms. The summed E-state index contributed by atoms with van der Waals surface area (Å²) in [5.74, 6) is 1.88. The summed E-state index contributed by atoms with van der Waals surface area (Å²) in [6, 6.07) is 14.6. The Morgan fingerprint density at radius 2 is 1.63 bits per heavy atom. The van der Waals surface area contributed by atoms with Crippen molar-refractivity contribution in [3.63, 3.8) is 0 Å². The SMILES string of the molecule is CCCCCC1CC1=O.CO[Si](C)(Oc1ccc(C(C)(C)C)cc1C(C)(C)C)c1ccccc1S. The number of benzene rings is 2. The van der Waals surface area contributed by atoms with Gasteiger partial charge in [-0.3, -0.25) is 4.79 Å². The smallest absolute Gasteiger partial charge is 0.431 e. The van der Waals surface area contributed by atoms with Gasteiger partial charge in [0.25, 0.3) is 0 Å². The lowest BCUT2D eigenvalue weighted by molar-refractivity contribution is -0.111. The van der Waals surface area contributed by atoms with Crippen molar-refractivity contribution in [2.24, 2.45) is 5.92 Å². The Bertz CT molecular complexity index is 990. The van der Waals surface area contributed by atoms with Crippen LogP contribution in [0.15, 0.2) is 47.4 Å². The van der Waals surface area contributed by atoms with E-state index in [0.29, 0.717) is 11.7 Å². The molecule has 194 valence electrons. The number of hydrogen-bond donors (Lipinski definition) is 1. The molecule has 1 aliphatic carbocycles. The molecular formula is C30H46O3SSi. The predicted molar refractivity (Wildman–Crippen MR) is 154 cm³/mol. The number of hydrogen-bond acceptors (Lipinski definition) is 4. The fourth-order valence-corrected chi connectivity index (χ4v) is 6.76. The van der Waals surface area contributed by atoms with Crippen molar-refractivity contribution < 1.29 is 13.6 Å². The Balaban J connectivity index is 0.000000402. The highest BCUT2D eigenvalue weighted by atomic mass is 32.1. The van der Waals surface area contributed by atoms with Gasteiger partial charge in [0.15, 0.2) is 0 Å². The quantitative estimate of drug-likeness (QED) is 0.222. The van der Waals surface area contributed by atoms with Gasteiger partial charge in [-0.05, 0) is 47.1 Å². The highest BCUT2D eigenvalue weighted by Gasteiger charge is 2.38. The van der Waals surface area contributed by atoms with E-state index in [1.807, 2.05) is 18.2 Å². The minimum atomic E-state index is -2.63. The van der Waals surface area contributed by atoms with Crippen LogP contribution in [0, 0.1) is 5.92 Å². The van der Waals surface area contributed by atoms with Crippen LogP contribution in [0.4, 0.5) is 0 Å². The molecule has 2 unspecified atom stereocenters. The second-order valence-corrected chi connectivity index (χ2v) is 15.4. The van der Waals surface area contributed by atoms with E-state index in [4.69, 9.17) is 8.85 Å². The molecule has 3 nitrogen and oxygen atoms in total. The molecule has 0 aromatic heterocycles. The van der Waals surface area contributed by atoms with Gasteiger partial charge in [-0.2, -0.15) is 0 Å². The Morgan fingerprint density at radius 3 is 2.11 bits per heavy atom. The number of carbonyl (C=O) groups excluding carboxylic acids is 1. The molecule has 1 aliphatic rings. The average Bonchev–Trinajstić information content (AvgIpc) is 3.48. The Hall–Kier alpha value is -1.56. The summed E-state index contributed by atoms with van der Waals surface area (Å²) in [6.45, 7) is 17.6. The molecule has 0 heterocycles. The number of ketones is 1. The third-order valence-corrected chi connectivity index (χ3v) is 10.0. The van der Waals surface area contributed by atoms with Crippen LogP contribution in [-0.4, -0.2) is 21.5 Å². The maximum Gasteiger partial charge on any atom is 0.431 e. The minimum absolute atomic E-state index is 0.0277. The van der Waals surface area contributed by atoms with Crippen LogP contribution in [0.1, 0.15) is 91.7 Å². The number of rotatable bonds is 8. The molecule has 2 atom stereocenters. The van der Waals surface area contributed by atoms with Crippen LogP contribution in [0.3, 0.4) is 0 Å². The van der Waals surface area contributed by atoms with E-state index in [-0.39, 0.29) is 10.8 Å². The van der Waals surface area contributed by atoms with Crippen molar-refractivity contribution in [3.05, 3.63) is 53.6 Å². The largest absolute Gasteiger partial charge is 0.517 e. The normalized spacial score (nSPS) is 17.3. The van der Waals surface area contributed by atoms with Crippen molar-refractivity contribution in [3.8, 4) is 5.75 Å². The van der Waals surface area contributed by atoms with Crippen LogP contribution in [0.5, 0.6) is 5.75 Å². The summed E-state index contributed by atoms with van der Waals surface area (Å²) < 4.78 is 12.6. The zero-order valence-corrected chi connectivity index (χ0v) is 25.2. The van der Waals surface area contributed by atoms with Gasteiger partial charge in [0.05, 0.1) is 0 Å². The van der Waals surface area contributed by atoms with Crippen LogP contribution in [0.25, 0.3) is 0 Å². The molecule has 1 saturated carbocycles. The zero-order chi connectivity index (χ0) is 26.4. The van der Waals surface area contributed by atoms with E-state index in [1.165, 1.54) is 30.4 Å². The molecule has 3 rings (SSSR count). The third kappa shape index (κ3) is 8.51. The first-order chi connectivity index (χ1) is 16.2. The molecule has 0 amide bonds. The highest BCUT2D eigenvalue weighted by Crippen LogP contribution is 2.36. The van der Waals surface area contributed by atoms with Crippen molar-refractivity contribution >= 4 is 32.2 Å². The second-order valence-electron chi connectivity index (χ2n) is 11.8. The fourth-order valence-electron chi connectivity index (χ4n) is 4.03. The fraction of sp³-hybridized carbons (Fsp3) is 0.567. The van der Waals surface area contributed by atoms with E-state index >= 15 is 0 Å². The van der Waals surface area contributed by atoms with Crippen molar-refractivity contribution in [1.82, 2.24) is 0 Å². The average molecular weight is 515 g/mol. The van der Waals surface area contributed by atoms with Crippen molar-refractivity contribution in [1.29, 1.82) is 0 Å². The third-order valence-electron chi connectivity index (χ3n) is 6.64. The molecule has 2 aromatic carbocycles. The van der Waals surface area contributed by atoms with Crippen LogP contribution >= 0.6 is 12.6 Å². The molecule has 5 heteroatoms. The first kappa shape index (κ1) is 29.7. The maximum absolute atomic E-state index is 10.5. The van der Waals surface area contributed by atoms with E-state index in [1.54, 1.807) is 7.11 Å². The van der Waals surface area contributed by atoms with E-state index in [9.17, 15) is 4.79 Å². The van der Waals surface area contributed by atoms with Crippen molar-refractivity contribution in [2.45, 2.75) is 103 Å². The molecule has 0 spiro atoms. The Morgan fingerprint density at radius 1 is 1.00 bits per heavy atom. The van der Waals surface area contributed by atoms with Gasteiger partial charge in [-0.15, -0.1) is 12.6 Å². The summed E-state index contributed by atoms with van der Waals surface area (Å²) in [4.78, 5) is 11.4. The Kier molecular flexibility index (Phi) is 10.3. The van der Waals surface area contributed by atoms with Gasteiger partial charge in [-0.1, -0.05) is 98.1 Å². The molecule has 0 N–H and O–H groups in total. The highest BCUT2D eigenvalue weighted by molar-refractivity contribution is 7.80. The summed E-state index contributed by atoms with van der Waals surface area (Å²) in [5.41, 5.74) is 2.58. The van der Waals surface area contributed by atoms with Crippen LogP contribution in [-0.2, 0) is 20.1 Å². The number of Topliss-reactive ketones (excluding diaryl/α,β-unsaturated/α-hetero) is 1. The van der Waals surface area contributed by atoms with E-state index in [0.717, 1.165) is 28.7 Å². The number of unbranched alkanes of at least 4 members (excludes halogenated alkanes) is 2. The van der Waals surface area contributed by atoms with Crippen LogP contribution in [0.2, 0.25) is 6.55 Å². The van der Waals surface area contributed by atoms with Gasteiger partial charge in [0.1, 0.15) is 11.5 Å². The topological polar surface area (TPSA) is 35.5 Å². The second kappa shape index (κ2) is 12.1. The molecular weight excluding hydrogens is 468 g/mol. The summed E-state index contributed by atoms with van der Waals surface area (Å²) in [6.07, 6.45) is 5.86. The van der Waals surface area contributed by atoms with Crippen LogP contribution < -0.4 is 9.61 Å². The lowest BCUT2D eigenvalue weighted by Gasteiger charge is -2.32. The van der Waals surface area contributed by atoms with Gasteiger partial charge in [-0.25, -0.2) is 0 Å². The molecule has 0 aliphatic heterocycles. The molecule has 1 fully saturated rings. The van der Waals surface area contributed by atoms with E-state index < -0.39 is 8.56 Å². The summed E-state index contributed by atoms with van der Waals surface area (Å²) in [5, 5.41) is 1.05. The minimum Gasteiger partial charge on any atom is -0.517 e. The first-order valence-electron chi connectivity index (χ1n) is 12.9. The summed E-state index contributed by atoms with van der Waals surface area (Å²) >= 11 is 4.62. The van der Waals surface area contributed by atoms with Gasteiger partial charge >= 0.3 is 8.56 Å². The zero-order valence-electron chi connectivity index (χ0n) is 23.3. The monoisotopic (exact) mass is 514 g/mol. The van der Waals surface area contributed by atoms with Gasteiger partial charge in [0.2, 0.25) is 0 Å². The lowest BCUT2D eigenvalue weighted by Crippen LogP contribution is -2.54. The first-order valence-corrected chi connectivity index (χ1v) is 15.7. The van der Waals surface area contributed by atoms with E-state index in [2.05, 4.69) is 91.9 Å². The number of thiol groups is 1. The molecule has 0 saturated heterocycles. The predicted octanol–water partition coefficient (Wildman–Crippen LogP) is 7.73. The Labute approximate surface area is 220 Å². The number of carbonyl (C=O) groups is 1. The van der Waals surface area contributed by atoms with Crippen molar-refractivity contribution in [2.75, 3.05) is 7.11 Å². The molecule has 0 radical (unpaired) electrons. The maximum atomic E-state index is 10.5. The van der Waals surface area contributed by atoms with Gasteiger partial charge < -0.3 is 8.85 Å². The lowest BCUT2D eigenvalue weighted by atomic mass is 9.80. The molecule has 2 aromatic rings. The summed E-state index contributed by atoms with van der Waals surface area (Å²) in [7, 11) is -0.906. The molecule has 0 bridgehead atoms.